The summed E-state index contributed by atoms with van der Waals surface area (Å²) in [7, 11) is 1.93. The van der Waals surface area contributed by atoms with E-state index < -0.39 is 5.54 Å². The van der Waals surface area contributed by atoms with Crippen LogP contribution in [0.25, 0.3) is 28.0 Å². The summed E-state index contributed by atoms with van der Waals surface area (Å²) in [4.78, 5) is 25.0. The minimum Gasteiger partial charge on any atom is -0.343 e. The van der Waals surface area contributed by atoms with Gasteiger partial charge in [0.25, 0.3) is 5.56 Å². The van der Waals surface area contributed by atoms with E-state index in [-0.39, 0.29) is 12.1 Å². The van der Waals surface area contributed by atoms with Gasteiger partial charge in [0, 0.05) is 36.4 Å². The highest BCUT2D eigenvalue weighted by atomic mass is 16.1. The van der Waals surface area contributed by atoms with E-state index in [1.54, 1.807) is 6.20 Å². The molecule has 0 aliphatic carbocycles. The van der Waals surface area contributed by atoms with Crippen molar-refractivity contribution in [3.8, 4) is 0 Å². The van der Waals surface area contributed by atoms with Crippen LogP contribution in [0, 0.1) is 6.92 Å². The molecule has 1 aromatic carbocycles. The van der Waals surface area contributed by atoms with Crippen LogP contribution >= 0.6 is 0 Å². The fraction of sp³-hybridized carbons (Fsp3) is 0.360. The Morgan fingerprint density at radius 3 is 2.70 bits per heavy atom. The third kappa shape index (κ3) is 4.66. The fourth-order valence-electron chi connectivity index (χ4n) is 4.13. The number of allylic oxidation sites excluding steroid dienone is 1. The molecule has 33 heavy (non-hydrogen) atoms. The van der Waals surface area contributed by atoms with Crippen molar-refractivity contribution < 1.29 is 0 Å². The number of hydrogen-bond donors (Lipinski definition) is 1. The van der Waals surface area contributed by atoms with E-state index in [1.165, 1.54) is 4.68 Å². The minimum atomic E-state index is -0.414. The first-order valence-electron chi connectivity index (χ1n) is 11.2. The third-order valence-corrected chi connectivity index (χ3v) is 5.40. The average Bonchev–Trinajstić information content (AvgIpc) is 3.12. The first kappa shape index (κ1) is 22.7. The molecular weight excluding hydrogens is 414 g/mol. The summed E-state index contributed by atoms with van der Waals surface area (Å²) < 4.78 is 3.30. The van der Waals surface area contributed by atoms with Crippen molar-refractivity contribution in [1.82, 2.24) is 24.3 Å². The number of pyridine rings is 1. The number of anilines is 1. The second-order valence-electron chi connectivity index (χ2n) is 9.19. The Balaban J connectivity index is 1.85. The zero-order valence-corrected chi connectivity index (χ0v) is 19.9. The molecule has 8 nitrogen and oxygen atoms in total. The van der Waals surface area contributed by atoms with Gasteiger partial charge in [-0.2, -0.15) is 5.10 Å². The summed E-state index contributed by atoms with van der Waals surface area (Å²) in [6, 6.07) is 10.1. The molecule has 3 aromatic heterocycles. The summed E-state index contributed by atoms with van der Waals surface area (Å²) in [6.07, 6.45) is 6.39. The van der Waals surface area contributed by atoms with Crippen molar-refractivity contribution in [3.05, 3.63) is 64.3 Å². The summed E-state index contributed by atoms with van der Waals surface area (Å²) >= 11 is 0. The van der Waals surface area contributed by atoms with Gasteiger partial charge in [0.05, 0.1) is 18.4 Å². The highest BCUT2D eigenvalue weighted by molar-refractivity contribution is 5.85. The topological polar surface area (TPSA) is 94.9 Å². The third-order valence-electron chi connectivity index (χ3n) is 5.40. The van der Waals surface area contributed by atoms with Crippen LogP contribution in [0.3, 0.4) is 0 Å². The van der Waals surface area contributed by atoms with Crippen LogP contribution in [0.4, 0.5) is 5.95 Å². The van der Waals surface area contributed by atoms with Crippen molar-refractivity contribution in [2.45, 2.75) is 46.2 Å². The molecule has 0 bridgehead atoms. The SMILES string of the molecule is CCC=Cn1c(N(C)CC(C)(C)N)nc2cnn(Cc3nc(C)cc4ccccc34)c(=O)c21. The molecule has 0 aliphatic heterocycles. The number of rotatable bonds is 7. The fourth-order valence-corrected chi connectivity index (χ4v) is 4.13. The number of aromatic nitrogens is 5. The van der Waals surface area contributed by atoms with Crippen LogP contribution in [0.15, 0.2) is 47.4 Å². The Morgan fingerprint density at radius 2 is 1.97 bits per heavy atom. The lowest BCUT2D eigenvalue weighted by Gasteiger charge is -2.27. The molecule has 0 saturated heterocycles. The van der Waals surface area contributed by atoms with Crippen molar-refractivity contribution in [1.29, 1.82) is 0 Å². The predicted octanol–water partition coefficient (Wildman–Crippen LogP) is 3.55. The van der Waals surface area contributed by atoms with Crippen molar-refractivity contribution >= 4 is 34.0 Å². The zero-order valence-electron chi connectivity index (χ0n) is 19.9. The van der Waals surface area contributed by atoms with Crippen molar-refractivity contribution in [2.24, 2.45) is 5.73 Å². The largest absolute Gasteiger partial charge is 0.343 e. The Kier molecular flexibility index (Phi) is 6.03. The molecule has 0 saturated carbocycles. The quantitative estimate of drug-likeness (QED) is 0.467. The molecule has 0 unspecified atom stereocenters. The maximum absolute atomic E-state index is 13.6. The monoisotopic (exact) mass is 445 g/mol. The zero-order chi connectivity index (χ0) is 23.8. The Bertz CT molecular complexity index is 1390. The lowest BCUT2D eigenvalue weighted by Crippen LogP contribution is -2.44. The molecular formula is C25H31N7O. The highest BCUT2D eigenvalue weighted by Gasteiger charge is 2.21. The van der Waals surface area contributed by atoms with E-state index in [0.717, 1.165) is 28.6 Å². The lowest BCUT2D eigenvalue weighted by atomic mass is 10.1. The maximum atomic E-state index is 13.6. The van der Waals surface area contributed by atoms with Crippen LogP contribution < -0.4 is 16.2 Å². The van der Waals surface area contributed by atoms with Gasteiger partial charge in [0.15, 0.2) is 0 Å². The molecule has 0 aliphatic rings. The number of benzene rings is 1. The molecule has 0 fully saturated rings. The summed E-state index contributed by atoms with van der Waals surface area (Å²) in [6.45, 7) is 8.80. The van der Waals surface area contributed by atoms with Crippen molar-refractivity contribution in [2.75, 3.05) is 18.5 Å². The first-order chi connectivity index (χ1) is 15.7. The maximum Gasteiger partial charge on any atom is 0.293 e. The molecule has 2 N–H and O–H groups in total. The highest BCUT2D eigenvalue weighted by Crippen LogP contribution is 2.22. The Hall–Kier alpha value is -3.52. The van der Waals surface area contributed by atoms with E-state index in [4.69, 9.17) is 15.7 Å². The van der Waals surface area contributed by atoms with Gasteiger partial charge in [0.1, 0.15) is 11.0 Å². The van der Waals surface area contributed by atoms with Crippen LogP contribution in [0.1, 0.15) is 38.6 Å². The molecule has 8 heteroatoms. The number of imidazole rings is 1. The smallest absolute Gasteiger partial charge is 0.293 e. The molecule has 172 valence electrons. The van der Waals surface area contributed by atoms with E-state index in [2.05, 4.69) is 18.1 Å². The van der Waals surface area contributed by atoms with E-state index in [0.29, 0.717) is 23.5 Å². The van der Waals surface area contributed by atoms with Gasteiger partial charge < -0.3 is 10.6 Å². The van der Waals surface area contributed by atoms with Crippen LogP contribution in [-0.4, -0.2) is 43.4 Å². The molecule has 0 amide bonds. The number of nitrogens with zero attached hydrogens (tertiary/aromatic N) is 6. The van der Waals surface area contributed by atoms with Gasteiger partial charge >= 0.3 is 0 Å². The molecule has 4 rings (SSSR count). The second kappa shape index (κ2) is 8.78. The van der Waals surface area contributed by atoms with E-state index in [9.17, 15) is 4.79 Å². The van der Waals surface area contributed by atoms with Crippen LogP contribution in [-0.2, 0) is 6.54 Å². The molecule has 0 radical (unpaired) electrons. The normalized spacial score (nSPS) is 12.3. The first-order valence-corrected chi connectivity index (χ1v) is 11.2. The van der Waals surface area contributed by atoms with Crippen LogP contribution in [0.5, 0.6) is 0 Å². The Morgan fingerprint density at radius 1 is 1.21 bits per heavy atom. The van der Waals surface area contributed by atoms with E-state index >= 15 is 0 Å². The minimum absolute atomic E-state index is 0.209. The average molecular weight is 446 g/mol. The summed E-state index contributed by atoms with van der Waals surface area (Å²) in [5.41, 5.74) is 8.37. The van der Waals surface area contributed by atoms with Crippen LogP contribution in [0.2, 0.25) is 0 Å². The van der Waals surface area contributed by atoms with Gasteiger partial charge in [-0.15, -0.1) is 0 Å². The molecule has 3 heterocycles. The number of nitrogens with two attached hydrogens (primary N) is 1. The molecule has 0 atom stereocenters. The standard InChI is InChI=1S/C25H31N7O/c1-6-7-12-31-22-20(29-24(31)30(5)16-25(3,4)26)14-27-32(23(22)33)15-21-19-11-9-8-10-18(19)13-17(2)28-21/h7-14H,6,15-16,26H2,1-5H3. The predicted molar refractivity (Wildman–Crippen MR) is 135 cm³/mol. The summed E-state index contributed by atoms with van der Waals surface area (Å²) in [5.74, 6) is 0.656. The molecule has 4 aromatic rings. The number of aryl methyl sites for hydroxylation is 1. The summed E-state index contributed by atoms with van der Waals surface area (Å²) in [5, 5.41) is 6.54. The van der Waals surface area contributed by atoms with Gasteiger partial charge in [-0.25, -0.2) is 9.67 Å². The molecule has 0 spiro atoms. The number of fused-ring (bicyclic) bond motifs is 2. The number of hydrogen-bond acceptors (Lipinski definition) is 6. The van der Waals surface area contributed by atoms with Gasteiger partial charge in [-0.05, 0) is 38.6 Å². The van der Waals surface area contributed by atoms with Crippen molar-refractivity contribution in [3.63, 3.8) is 0 Å². The lowest BCUT2D eigenvalue weighted by molar-refractivity contribution is 0.515. The number of likely N-dealkylation sites (N-methyl/N-ethyl adjacent to an activating group) is 1. The van der Waals surface area contributed by atoms with Gasteiger partial charge in [-0.3, -0.25) is 14.3 Å². The Labute approximate surface area is 193 Å². The second-order valence-corrected chi connectivity index (χ2v) is 9.19. The van der Waals surface area contributed by atoms with Gasteiger partial charge in [-0.1, -0.05) is 37.3 Å². The van der Waals surface area contributed by atoms with E-state index in [1.807, 2.05) is 73.8 Å². The van der Waals surface area contributed by atoms with Gasteiger partial charge in [0.2, 0.25) is 5.95 Å².